The van der Waals surface area contributed by atoms with Crippen molar-refractivity contribution in [3.8, 4) is 11.5 Å². The predicted molar refractivity (Wildman–Crippen MR) is 115 cm³/mol. The Bertz CT molecular complexity index is 633. The van der Waals surface area contributed by atoms with Gasteiger partial charge in [0, 0.05) is 18.6 Å². The van der Waals surface area contributed by atoms with E-state index in [1.165, 1.54) is 57.4 Å². The molecule has 1 N–H and O–H groups in total. The van der Waals surface area contributed by atoms with Crippen LogP contribution in [0, 0.1) is 0 Å². The lowest BCUT2D eigenvalue weighted by Gasteiger charge is -2.41. The van der Waals surface area contributed by atoms with Crippen molar-refractivity contribution in [1.29, 1.82) is 0 Å². The highest BCUT2D eigenvalue weighted by Crippen LogP contribution is 2.28. The monoisotopic (exact) mass is 387 g/mol. The second kappa shape index (κ2) is 10.3. The summed E-state index contributed by atoms with van der Waals surface area (Å²) in [4.78, 5) is 5.18. The molecule has 2 aliphatic heterocycles. The third-order valence-electron chi connectivity index (χ3n) is 6.03. The van der Waals surface area contributed by atoms with Gasteiger partial charge in [0.2, 0.25) is 0 Å². The molecule has 0 atom stereocenters. The van der Waals surface area contributed by atoms with Crippen molar-refractivity contribution in [3.63, 3.8) is 0 Å². The van der Waals surface area contributed by atoms with Crippen molar-refractivity contribution in [3.05, 3.63) is 35.9 Å². The van der Waals surface area contributed by atoms with Gasteiger partial charge in [0.05, 0.1) is 7.11 Å². The average Bonchev–Trinajstić information content (AvgIpc) is 2.71. The summed E-state index contributed by atoms with van der Waals surface area (Å²) in [6, 6.07) is 7.60. The zero-order valence-corrected chi connectivity index (χ0v) is 17.9. The standard InChI is InChI=1S/C23H37N3O2/c1-18(2)17-28-23-15-19(5-6-22(23)27-4)16-24-20-7-13-26(14-8-20)21-9-11-25(3)12-10-21/h5-6,15,20-21,24H,1,7-14,16-17H2,2-4H3. The van der Waals surface area contributed by atoms with E-state index in [2.05, 4.69) is 40.9 Å². The Morgan fingerprint density at radius 3 is 2.46 bits per heavy atom. The van der Waals surface area contributed by atoms with Crippen LogP contribution in [-0.2, 0) is 6.54 Å². The fourth-order valence-corrected chi connectivity index (χ4v) is 4.24. The molecule has 2 aliphatic rings. The summed E-state index contributed by atoms with van der Waals surface area (Å²) in [5, 5.41) is 3.75. The van der Waals surface area contributed by atoms with Crippen LogP contribution in [0.4, 0.5) is 0 Å². The summed E-state index contributed by atoms with van der Waals surface area (Å²) in [5.74, 6) is 1.57. The van der Waals surface area contributed by atoms with Gasteiger partial charge in [-0.1, -0.05) is 12.6 Å². The first-order valence-corrected chi connectivity index (χ1v) is 10.6. The topological polar surface area (TPSA) is 37.0 Å². The molecule has 1 aromatic rings. The largest absolute Gasteiger partial charge is 0.493 e. The highest BCUT2D eigenvalue weighted by atomic mass is 16.5. The first-order chi connectivity index (χ1) is 13.5. The summed E-state index contributed by atoms with van der Waals surface area (Å²) in [7, 11) is 3.92. The van der Waals surface area contributed by atoms with E-state index >= 15 is 0 Å². The maximum absolute atomic E-state index is 5.85. The van der Waals surface area contributed by atoms with E-state index in [9.17, 15) is 0 Å². The molecule has 5 nitrogen and oxygen atoms in total. The number of nitrogens with zero attached hydrogens (tertiary/aromatic N) is 2. The minimum absolute atomic E-state index is 0.517. The number of hydrogen-bond acceptors (Lipinski definition) is 5. The van der Waals surface area contributed by atoms with Gasteiger partial charge in [-0.25, -0.2) is 0 Å². The van der Waals surface area contributed by atoms with E-state index in [0.29, 0.717) is 12.6 Å². The summed E-state index contributed by atoms with van der Waals surface area (Å²) in [6.45, 7) is 12.2. The fourth-order valence-electron chi connectivity index (χ4n) is 4.24. The number of likely N-dealkylation sites (tertiary alicyclic amines) is 2. The molecule has 5 heteroatoms. The highest BCUT2D eigenvalue weighted by Gasteiger charge is 2.27. The van der Waals surface area contributed by atoms with Gasteiger partial charge in [-0.2, -0.15) is 0 Å². The molecule has 0 aromatic heterocycles. The third kappa shape index (κ3) is 5.97. The fraction of sp³-hybridized carbons (Fsp3) is 0.652. The number of nitrogens with one attached hydrogen (secondary N) is 1. The van der Waals surface area contributed by atoms with Crippen LogP contribution in [0.2, 0.25) is 0 Å². The van der Waals surface area contributed by atoms with Crippen LogP contribution in [-0.4, -0.2) is 68.8 Å². The zero-order chi connectivity index (χ0) is 19.9. The average molecular weight is 388 g/mol. The molecule has 0 spiro atoms. The van der Waals surface area contributed by atoms with Gasteiger partial charge in [0.15, 0.2) is 11.5 Å². The Kier molecular flexibility index (Phi) is 7.77. The molecule has 1 aromatic carbocycles. The Morgan fingerprint density at radius 2 is 1.82 bits per heavy atom. The maximum Gasteiger partial charge on any atom is 0.161 e. The Balaban J connectivity index is 1.46. The molecule has 0 bridgehead atoms. The quantitative estimate of drug-likeness (QED) is 0.693. The molecule has 0 radical (unpaired) electrons. The van der Waals surface area contributed by atoms with Crippen LogP contribution in [0.3, 0.4) is 0 Å². The van der Waals surface area contributed by atoms with E-state index in [1.54, 1.807) is 7.11 Å². The molecule has 2 heterocycles. The van der Waals surface area contributed by atoms with E-state index < -0.39 is 0 Å². The lowest BCUT2D eigenvalue weighted by molar-refractivity contribution is 0.0921. The van der Waals surface area contributed by atoms with Crippen molar-refractivity contribution < 1.29 is 9.47 Å². The Labute approximate surface area is 170 Å². The summed E-state index contributed by atoms with van der Waals surface area (Å²) >= 11 is 0. The lowest BCUT2D eigenvalue weighted by Crippen LogP contribution is -2.49. The Hall–Kier alpha value is -1.56. The first kappa shape index (κ1) is 21.2. The third-order valence-corrected chi connectivity index (χ3v) is 6.03. The van der Waals surface area contributed by atoms with Crippen LogP contribution in [0.15, 0.2) is 30.4 Å². The number of piperidine rings is 2. The molecule has 2 fully saturated rings. The smallest absolute Gasteiger partial charge is 0.161 e. The van der Waals surface area contributed by atoms with Gasteiger partial charge in [0.1, 0.15) is 6.61 Å². The predicted octanol–water partition coefficient (Wildman–Crippen LogP) is 3.30. The van der Waals surface area contributed by atoms with Crippen molar-refractivity contribution in [1.82, 2.24) is 15.1 Å². The molecule has 2 saturated heterocycles. The summed E-state index contributed by atoms with van der Waals surface area (Å²) in [5.41, 5.74) is 2.23. The number of methoxy groups -OCH3 is 1. The van der Waals surface area contributed by atoms with E-state index in [4.69, 9.17) is 9.47 Å². The van der Waals surface area contributed by atoms with Gasteiger partial charge >= 0.3 is 0 Å². The van der Waals surface area contributed by atoms with Crippen molar-refractivity contribution >= 4 is 0 Å². The van der Waals surface area contributed by atoms with E-state index in [1.807, 2.05) is 13.0 Å². The van der Waals surface area contributed by atoms with Gasteiger partial charge < -0.3 is 24.6 Å². The molecule has 0 aliphatic carbocycles. The molecule has 0 amide bonds. The van der Waals surface area contributed by atoms with Crippen molar-refractivity contribution in [2.75, 3.05) is 46.9 Å². The minimum atomic E-state index is 0.517. The minimum Gasteiger partial charge on any atom is -0.493 e. The SMILES string of the molecule is C=C(C)COc1cc(CNC2CCN(C3CCN(C)CC3)CC2)ccc1OC. The molecule has 156 valence electrons. The second-order valence-electron chi connectivity index (χ2n) is 8.46. The summed E-state index contributed by atoms with van der Waals surface area (Å²) < 4.78 is 11.3. The van der Waals surface area contributed by atoms with E-state index in [-0.39, 0.29) is 0 Å². The van der Waals surface area contributed by atoms with Gasteiger partial charge in [-0.3, -0.25) is 0 Å². The van der Waals surface area contributed by atoms with Crippen LogP contribution in [0.25, 0.3) is 0 Å². The van der Waals surface area contributed by atoms with Crippen molar-refractivity contribution in [2.24, 2.45) is 0 Å². The van der Waals surface area contributed by atoms with E-state index in [0.717, 1.165) is 29.7 Å². The number of hydrogen-bond donors (Lipinski definition) is 1. The molecular weight excluding hydrogens is 350 g/mol. The second-order valence-corrected chi connectivity index (χ2v) is 8.46. The molecular formula is C23H37N3O2. The number of benzene rings is 1. The molecule has 0 saturated carbocycles. The number of rotatable bonds is 8. The van der Waals surface area contributed by atoms with Crippen LogP contribution in [0.5, 0.6) is 11.5 Å². The lowest BCUT2D eigenvalue weighted by atomic mass is 9.98. The van der Waals surface area contributed by atoms with Crippen LogP contribution < -0.4 is 14.8 Å². The van der Waals surface area contributed by atoms with Gasteiger partial charge in [-0.15, -0.1) is 0 Å². The van der Waals surface area contributed by atoms with Gasteiger partial charge in [0.25, 0.3) is 0 Å². The molecule has 3 rings (SSSR count). The molecule has 28 heavy (non-hydrogen) atoms. The normalized spacial score (nSPS) is 20.2. The zero-order valence-electron chi connectivity index (χ0n) is 17.9. The first-order valence-electron chi connectivity index (χ1n) is 10.6. The van der Waals surface area contributed by atoms with Gasteiger partial charge in [-0.05, 0) is 89.1 Å². The van der Waals surface area contributed by atoms with Crippen LogP contribution >= 0.6 is 0 Å². The van der Waals surface area contributed by atoms with Crippen molar-refractivity contribution in [2.45, 2.75) is 51.2 Å². The highest BCUT2D eigenvalue weighted by molar-refractivity contribution is 5.43. The van der Waals surface area contributed by atoms with Crippen LogP contribution in [0.1, 0.15) is 38.2 Å². The number of ether oxygens (including phenoxy) is 2. The Morgan fingerprint density at radius 1 is 1.11 bits per heavy atom. The molecule has 0 unspecified atom stereocenters. The maximum atomic E-state index is 5.85. The summed E-state index contributed by atoms with van der Waals surface area (Å²) in [6.07, 6.45) is 5.13.